The van der Waals surface area contributed by atoms with Crippen LogP contribution in [0.3, 0.4) is 0 Å². The third-order valence-corrected chi connectivity index (χ3v) is 3.46. The van der Waals surface area contributed by atoms with E-state index in [-0.39, 0.29) is 11.2 Å². The largest absolute Gasteiger partial charge is 0.499 e. The smallest absolute Gasteiger partial charge is 0.453 e. The van der Waals surface area contributed by atoms with Crippen LogP contribution in [0.5, 0.6) is 0 Å². The Morgan fingerprint density at radius 2 is 1.67 bits per heavy atom. The quantitative estimate of drug-likeness (QED) is 0.691. The molecule has 5 heteroatoms. The van der Waals surface area contributed by atoms with Crippen molar-refractivity contribution >= 4 is 24.2 Å². The number of hydrogen-bond donors (Lipinski definition) is 0. The Balaban J connectivity index is 2.27. The Bertz CT molecular complexity index is 356. The Labute approximate surface area is 94.8 Å². The van der Waals surface area contributed by atoms with Crippen LogP contribution in [-0.2, 0) is 9.31 Å². The van der Waals surface area contributed by atoms with Crippen molar-refractivity contribution in [2.45, 2.75) is 38.9 Å². The first-order chi connectivity index (χ1) is 6.83. The molecule has 0 N–H and O–H groups in total. The van der Waals surface area contributed by atoms with Gasteiger partial charge in [0, 0.05) is 5.46 Å². The number of furan rings is 1. The summed E-state index contributed by atoms with van der Waals surface area (Å²) in [5, 5.41) is 0.327. The SMILES string of the molecule is CC1(C)OB(c2ccoc2Cl)OC1(C)C. The molecule has 2 rings (SSSR count). The van der Waals surface area contributed by atoms with Crippen molar-refractivity contribution in [2.24, 2.45) is 0 Å². The summed E-state index contributed by atoms with van der Waals surface area (Å²) in [7, 11) is -0.443. The first-order valence-electron chi connectivity index (χ1n) is 4.92. The first kappa shape index (κ1) is 11.1. The molecule has 1 saturated heterocycles. The van der Waals surface area contributed by atoms with Crippen molar-refractivity contribution in [3.05, 3.63) is 17.5 Å². The van der Waals surface area contributed by atoms with Gasteiger partial charge in [0.25, 0.3) is 0 Å². The monoisotopic (exact) mass is 228 g/mol. The van der Waals surface area contributed by atoms with Crippen molar-refractivity contribution in [2.75, 3.05) is 0 Å². The molecule has 0 amide bonds. The van der Waals surface area contributed by atoms with Gasteiger partial charge in [0.2, 0.25) is 0 Å². The Morgan fingerprint density at radius 1 is 1.13 bits per heavy atom. The maximum absolute atomic E-state index is 5.88. The maximum Gasteiger partial charge on any atom is 0.499 e. The topological polar surface area (TPSA) is 31.6 Å². The van der Waals surface area contributed by atoms with Gasteiger partial charge in [-0.25, -0.2) is 0 Å². The molecule has 0 bridgehead atoms. The molecule has 0 unspecified atom stereocenters. The molecular formula is C10H14BClO3. The van der Waals surface area contributed by atoms with Crippen molar-refractivity contribution in [1.29, 1.82) is 0 Å². The molecule has 1 aliphatic rings. The van der Waals surface area contributed by atoms with Gasteiger partial charge >= 0.3 is 7.12 Å². The van der Waals surface area contributed by atoms with Gasteiger partial charge in [-0.3, -0.25) is 0 Å². The van der Waals surface area contributed by atoms with E-state index in [0.717, 1.165) is 5.46 Å². The molecule has 2 heterocycles. The molecule has 1 aromatic rings. The van der Waals surface area contributed by atoms with Crippen molar-refractivity contribution < 1.29 is 13.7 Å². The van der Waals surface area contributed by atoms with Crippen LogP contribution in [0, 0.1) is 0 Å². The second-order valence-electron chi connectivity index (χ2n) is 4.74. The Morgan fingerprint density at radius 3 is 2.07 bits per heavy atom. The second-order valence-corrected chi connectivity index (χ2v) is 5.08. The van der Waals surface area contributed by atoms with Crippen molar-refractivity contribution in [3.63, 3.8) is 0 Å². The molecule has 1 aliphatic heterocycles. The van der Waals surface area contributed by atoms with Crippen LogP contribution in [0.25, 0.3) is 0 Å². The van der Waals surface area contributed by atoms with E-state index >= 15 is 0 Å². The maximum atomic E-state index is 5.88. The average Bonchev–Trinajstić information content (AvgIpc) is 2.55. The van der Waals surface area contributed by atoms with Crippen LogP contribution < -0.4 is 5.46 Å². The predicted molar refractivity (Wildman–Crippen MR) is 59.4 cm³/mol. The summed E-state index contributed by atoms with van der Waals surface area (Å²) in [5.74, 6) is 0. The predicted octanol–water partition coefficient (Wildman–Crippen LogP) is 2.23. The summed E-state index contributed by atoms with van der Waals surface area (Å²) in [4.78, 5) is 0. The molecule has 15 heavy (non-hydrogen) atoms. The van der Waals surface area contributed by atoms with Gasteiger partial charge in [-0.2, -0.15) is 0 Å². The Hall–Kier alpha value is -0.445. The average molecular weight is 228 g/mol. The molecule has 0 saturated carbocycles. The van der Waals surface area contributed by atoms with Crippen LogP contribution in [0.1, 0.15) is 27.7 Å². The summed E-state index contributed by atoms with van der Waals surface area (Å²) in [6, 6.07) is 1.77. The van der Waals surface area contributed by atoms with Gasteiger partial charge in [0.1, 0.15) is 0 Å². The minimum atomic E-state index is -0.443. The van der Waals surface area contributed by atoms with E-state index in [1.54, 1.807) is 6.07 Å². The molecule has 1 fully saturated rings. The van der Waals surface area contributed by atoms with Crippen molar-refractivity contribution in [1.82, 2.24) is 0 Å². The molecule has 0 spiro atoms. The van der Waals surface area contributed by atoms with E-state index in [2.05, 4.69) is 0 Å². The van der Waals surface area contributed by atoms with Gasteiger partial charge in [-0.1, -0.05) is 0 Å². The first-order valence-corrected chi connectivity index (χ1v) is 5.30. The number of hydrogen-bond acceptors (Lipinski definition) is 3. The van der Waals surface area contributed by atoms with Crippen LogP contribution >= 0.6 is 11.6 Å². The van der Waals surface area contributed by atoms with E-state index in [1.807, 2.05) is 27.7 Å². The van der Waals surface area contributed by atoms with Gasteiger partial charge in [0.05, 0.1) is 17.5 Å². The zero-order valence-electron chi connectivity index (χ0n) is 9.33. The highest BCUT2D eigenvalue weighted by atomic mass is 35.5. The van der Waals surface area contributed by atoms with E-state index in [4.69, 9.17) is 25.3 Å². The standard InChI is InChI=1S/C10H14BClO3/c1-9(2)10(3,4)15-11(14-9)7-5-6-13-8(7)12/h5-6H,1-4H3. The molecule has 0 aromatic carbocycles. The second kappa shape index (κ2) is 3.27. The molecule has 3 nitrogen and oxygen atoms in total. The molecule has 1 aromatic heterocycles. The van der Waals surface area contributed by atoms with E-state index < -0.39 is 7.12 Å². The molecule has 0 aliphatic carbocycles. The fourth-order valence-electron chi connectivity index (χ4n) is 1.44. The van der Waals surface area contributed by atoms with E-state index in [9.17, 15) is 0 Å². The summed E-state index contributed by atoms with van der Waals surface area (Å²) in [6.45, 7) is 8.00. The molecule has 82 valence electrons. The third-order valence-electron chi connectivity index (χ3n) is 3.15. The van der Waals surface area contributed by atoms with Gasteiger partial charge in [0.15, 0.2) is 5.22 Å². The van der Waals surface area contributed by atoms with Crippen LogP contribution in [0.15, 0.2) is 16.7 Å². The van der Waals surface area contributed by atoms with Gasteiger partial charge < -0.3 is 13.7 Å². The molecule has 0 radical (unpaired) electrons. The molecular weight excluding hydrogens is 214 g/mol. The van der Waals surface area contributed by atoms with Crippen LogP contribution in [0.4, 0.5) is 0 Å². The lowest BCUT2D eigenvalue weighted by atomic mass is 9.81. The van der Waals surface area contributed by atoms with Crippen LogP contribution in [-0.4, -0.2) is 18.3 Å². The third kappa shape index (κ3) is 1.71. The molecule has 0 atom stereocenters. The minimum Gasteiger partial charge on any atom is -0.453 e. The highest BCUT2D eigenvalue weighted by molar-refractivity contribution is 6.65. The zero-order chi connectivity index (χ0) is 11.3. The number of halogens is 1. The van der Waals surface area contributed by atoms with E-state index in [1.165, 1.54) is 6.26 Å². The normalized spacial score (nSPS) is 23.4. The summed E-state index contributed by atoms with van der Waals surface area (Å²) >= 11 is 5.88. The Kier molecular flexibility index (Phi) is 2.41. The van der Waals surface area contributed by atoms with Crippen LogP contribution in [0.2, 0.25) is 5.22 Å². The lowest BCUT2D eigenvalue weighted by Crippen LogP contribution is -2.41. The summed E-state index contributed by atoms with van der Waals surface area (Å²) in [6.07, 6.45) is 1.53. The highest BCUT2D eigenvalue weighted by Crippen LogP contribution is 2.36. The minimum absolute atomic E-state index is 0.327. The van der Waals surface area contributed by atoms with E-state index in [0.29, 0.717) is 5.22 Å². The van der Waals surface area contributed by atoms with Crippen molar-refractivity contribution in [3.8, 4) is 0 Å². The fourth-order valence-corrected chi connectivity index (χ4v) is 1.65. The lowest BCUT2D eigenvalue weighted by molar-refractivity contribution is 0.00578. The van der Waals surface area contributed by atoms with Gasteiger partial charge in [-0.05, 0) is 45.4 Å². The lowest BCUT2D eigenvalue weighted by Gasteiger charge is -2.32. The fraction of sp³-hybridized carbons (Fsp3) is 0.600. The number of rotatable bonds is 1. The summed E-state index contributed by atoms with van der Waals surface area (Å²) in [5.41, 5.74) is 0.0478. The summed E-state index contributed by atoms with van der Waals surface area (Å²) < 4.78 is 16.7. The highest BCUT2D eigenvalue weighted by Gasteiger charge is 2.52. The zero-order valence-corrected chi connectivity index (χ0v) is 10.1. The van der Waals surface area contributed by atoms with Gasteiger partial charge in [-0.15, -0.1) is 0 Å².